The number of allylic oxidation sites excluding steroid dienone is 1. The number of ether oxygens (including phenoxy) is 1. The van der Waals surface area contributed by atoms with E-state index in [1.807, 2.05) is 6.92 Å². The van der Waals surface area contributed by atoms with E-state index in [1.54, 1.807) is 0 Å². The highest BCUT2D eigenvalue weighted by Gasteiger charge is 2.10. The lowest BCUT2D eigenvalue weighted by Gasteiger charge is -2.01. The van der Waals surface area contributed by atoms with Crippen molar-refractivity contribution in [1.82, 2.24) is 0 Å². The molecule has 13 heavy (non-hydrogen) atoms. The van der Waals surface area contributed by atoms with Crippen LogP contribution in [0.3, 0.4) is 0 Å². The summed E-state index contributed by atoms with van der Waals surface area (Å²) in [5.74, 6) is -0.758. The molecule has 0 bridgehead atoms. The molecule has 0 atom stereocenters. The van der Waals surface area contributed by atoms with Crippen LogP contribution in [0.1, 0.15) is 26.2 Å². The summed E-state index contributed by atoms with van der Waals surface area (Å²) >= 11 is 5.39. The van der Waals surface area contributed by atoms with Crippen molar-refractivity contribution in [3.63, 3.8) is 0 Å². The number of hydrogen-bond donors (Lipinski definition) is 0. The van der Waals surface area contributed by atoms with Crippen molar-refractivity contribution in [2.45, 2.75) is 26.2 Å². The zero-order valence-electron chi connectivity index (χ0n) is 7.64. The number of rotatable bonds is 6. The molecule has 0 radical (unpaired) electrons. The van der Waals surface area contributed by atoms with E-state index in [0.29, 0.717) is 6.61 Å². The van der Waals surface area contributed by atoms with E-state index in [2.05, 4.69) is 6.58 Å². The lowest BCUT2D eigenvalue weighted by molar-refractivity contribution is -0.145. The van der Waals surface area contributed by atoms with Gasteiger partial charge in [0.1, 0.15) is 12.2 Å². The fourth-order valence-electron chi connectivity index (χ4n) is 0.704. The van der Waals surface area contributed by atoms with Crippen molar-refractivity contribution in [2.24, 2.45) is 0 Å². The molecule has 0 rings (SSSR count). The van der Waals surface area contributed by atoms with Gasteiger partial charge in [-0.05, 0) is 6.42 Å². The lowest BCUT2D eigenvalue weighted by atomic mass is 10.2. The Morgan fingerprint density at radius 2 is 2.00 bits per heavy atom. The van der Waals surface area contributed by atoms with Gasteiger partial charge >= 0.3 is 5.97 Å². The minimum atomic E-state index is -0.496. The molecule has 0 heterocycles. The Labute approximate surface area is 82.7 Å². The molecule has 0 aromatic heterocycles. The molecule has 0 aromatic carbocycles. The second-order valence-electron chi connectivity index (χ2n) is 2.63. The Bertz CT molecular complexity index is 211. The van der Waals surface area contributed by atoms with Gasteiger partial charge in [0.2, 0.25) is 0 Å². The van der Waals surface area contributed by atoms with Crippen molar-refractivity contribution in [1.29, 1.82) is 0 Å². The molecule has 0 aliphatic carbocycles. The van der Waals surface area contributed by atoms with E-state index >= 15 is 0 Å². The largest absolute Gasteiger partial charge is 0.465 e. The second kappa shape index (κ2) is 6.66. The van der Waals surface area contributed by atoms with Gasteiger partial charge in [-0.15, -0.1) is 0 Å². The van der Waals surface area contributed by atoms with Crippen molar-refractivity contribution < 1.29 is 14.3 Å². The van der Waals surface area contributed by atoms with Gasteiger partial charge in [-0.25, -0.2) is 0 Å². The summed E-state index contributed by atoms with van der Waals surface area (Å²) in [6.07, 6.45) is 0.566. The molecule has 0 amide bonds. The van der Waals surface area contributed by atoms with Gasteiger partial charge < -0.3 is 4.74 Å². The minimum Gasteiger partial charge on any atom is -0.465 e. The smallest absolute Gasteiger partial charge is 0.313 e. The summed E-state index contributed by atoms with van der Waals surface area (Å²) < 4.78 is 4.71. The number of Topliss-reactive ketones (excluding diaryl/α,β-unsaturated/α-hetero) is 1. The maximum Gasteiger partial charge on any atom is 0.313 e. The monoisotopic (exact) mass is 204 g/mol. The highest BCUT2D eigenvalue weighted by molar-refractivity contribution is 6.30. The Morgan fingerprint density at radius 1 is 1.38 bits per heavy atom. The number of esters is 1. The van der Waals surface area contributed by atoms with E-state index in [4.69, 9.17) is 16.3 Å². The highest BCUT2D eigenvalue weighted by atomic mass is 35.5. The Morgan fingerprint density at radius 3 is 2.46 bits per heavy atom. The molecule has 0 unspecified atom stereocenters. The Kier molecular flexibility index (Phi) is 6.24. The third-order valence-corrected chi connectivity index (χ3v) is 1.33. The molecule has 0 aliphatic heterocycles. The van der Waals surface area contributed by atoms with Crippen molar-refractivity contribution >= 4 is 23.4 Å². The normalized spacial score (nSPS) is 9.38. The molecule has 74 valence electrons. The Balaban J connectivity index is 3.65. The average Bonchev–Trinajstić information content (AvgIpc) is 1.98. The number of halogens is 1. The fourth-order valence-corrected chi connectivity index (χ4v) is 0.853. The zero-order chi connectivity index (χ0) is 10.3. The van der Waals surface area contributed by atoms with Crippen LogP contribution in [-0.2, 0) is 14.3 Å². The van der Waals surface area contributed by atoms with E-state index in [9.17, 15) is 9.59 Å². The molecular weight excluding hydrogens is 192 g/mol. The van der Waals surface area contributed by atoms with Crippen molar-refractivity contribution in [2.75, 3.05) is 6.61 Å². The van der Waals surface area contributed by atoms with Gasteiger partial charge in [-0.3, -0.25) is 9.59 Å². The molecule has 0 aromatic rings. The summed E-state index contributed by atoms with van der Waals surface area (Å²) in [7, 11) is 0. The molecule has 4 heteroatoms. The maximum absolute atomic E-state index is 11.0. The minimum absolute atomic E-state index is 0.0305. The number of carbonyl (C=O) groups is 2. The van der Waals surface area contributed by atoms with E-state index in [-0.39, 0.29) is 23.7 Å². The lowest BCUT2D eigenvalue weighted by Crippen LogP contribution is -2.11. The second-order valence-corrected chi connectivity index (χ2v) is 3.16. The van der Waals surface area contributed by atoms with Crippen LogP contribution in [0.2, 0.25) is 0 Å². The predicted octanol–water partition coefficient (Wildman–Crippen LogP) is 2.04. The van der Waals surface area contributed by atoms with Crippen LogP contribution in [0.25, 0.3) is 0 Å². The Hall–Kier alpha value is -0.830. The van der Waals surface area contributed by atoms with E-state index < -0.39 is 5.97 Å². The summed E-state index contributed by atoms with van der Waals surface area (Å²) in [5.41, 5.74) is 0. The van der Waals surface area contributed by atoms with Gasteiger partial charge in [0.15, 0.2) is 0 Å². The fraction of sp³-hybridized carbons (Fsp3) is 0.556. The zero-order valence-corrected chi connectivity index (χ0v) is 8.39. The first-order chi connectivity index (χ1) is 6.06. The standard InChI is InChI=1S/C9H13ClO3/c1-3-4-13-9(12)6-8(11)5-7(2)10/h2-6H2,1H3. The average molecular weight is 205 g/mol. The molecule has 3 nitrogen and oxygen atoms in total. The quantitative estimate of drug-likeness (QED) is 0.491. The molecule has 0 spiro atoms. The first-order valence-corrected chi connectivity index (χ1v) is 4.44. The molecule has 0 aliphatic rings. The molecule has 0 N–H and O–H groups in total. The summed E-state index contributed by atoms with van der Waals surface area (Å²) in [6.45, 7) is 5.60. The number of hydrogen-bond acceptors (Lipinski definition) is 3. The van der Waals surface area contributed by atoms with Gasteiger partial charge in [0, 0.05) is 11.5 Å². The molecule has 0 fully saturated rings. The predicted molar refractivity (Wildman–Crippen MR) is 50.5 cm³/mol. The summed E-state index contributed by atoms with van der Waals surface area (Å²) in [4.78, 5) is 21.9. The first kappa shape index (κ1) is 12.2. The number of carbonyl (C=O) groups excluding carboxylic acids is 2. The van der Waals surface area contributed by atoms with Crippen LogP contribution in [0.4, 0.5) is 0 Å². The van der Waals surface area contributed by atoms with Crippen LogP contribution in [0.5, 0.6) is 0 Å². The van der Waals surface area contributed by atoms with Crippen LogP contribution < -0.4 is 0 Å². The van der Waals surface area contributed by atoms with Crippen LogP contribution in [0, 0.1) is 0 Å². The van der Waals surface area contributed by atoms with Crippen LogP contribution in [0.15, 0.2) is 11.6 Å². The third kappa shape index (κ3) is 7.53. The van der Waals surface area contributed by atoms with Crippen LogP contribution in [-0.4, -0.2) is 18.4 Å². The van der Waals surface area contributed by atoms with Gasteiger partial charge in [-0.2, -0.15) is 0 Å². The molecular formula is C9H13ClO3. The van der Waals surface area contributed by atoms with Gasteiger partial charge in [0.25, 0.3) is 0 Å². The topological polar surface area (TPSA) is 43.4 Å². The van der Waals surface area contributed by atoms with Crippen molar-refractivity contribution in [3.05, 3.63) is 11.6 Å². The third-order valence-electron chi connectivity index (χ3n) is 1.20. The SMILES string of the molecule is C=C(Cl)CC(=O)CC(=O)OCCC. The highest BCUT2D eigenvalue weighted by Crippen LogP contribution is 2.06. The van der Waals surface area contributed by atoms with Gasteiger partial charge in [-0.1, -0.05) is 25.1 Å². The summed E-state index contributed by atoms with van der Waals surface area (Å²) in [6, 6.07) is 0. The first-order valence-electron chi connectivity index (χ1n) is 4.06. The number of ketones is 1. The van der Waals surface area contributed by atoms with E-state index in [0.717, 1.165) is 6.42 Å². The van der Waals surface area contributed by atoms with Gasteiger partial charge in [0.05, 0.1) is 6.61 Å². The van der Waals surface area contributed by atoms with Crippen LogP contribution >= 0.6 is 11.6 Å². The van der Waals surface area contributed by atoms with Crippen molar-refractivity contribution in [3.8, 4) is 0 Å². The maximum atomic E-state index is 11.0. The van der Waals surface area contributed by atoms with E-state index in [1.165, 1.54) is 0 Å². The molecule has 0 saturated heterocycles. The molecule has 0 saturated carbocycles. The summed E-state index contributed by atoms with van der Waals surface area (Å²) in [5, 5.41) is 0.244.